The van der Waals surface area contributed by atoms with E-state index in [2.05, 4.69) is 10.3 Å². The normalized spacial score (nSPS) is 15.2. The first-order valence-corrected chi connectivity index (χ1v) is 11.5. The Hall–Kier alpha value is -4.53. The van der Waals surface area contributed by atoms with E-state index in [1.54, 1.807) is 67.8 Å². The molecule has 1 aromatic heterocycles. The number of aromatic nitrogens is 1. The molecule has 0 bridgehead atoms. The molecular formula is C27H26N4O5. The van der Waals surface area contributed by atoms with Gasteiger partial charge in [0.05, 0.1) is 24.3 Å². The molecule has 9 nitrogen and oxygen atoms in total. The molecule has 0 radical (unpaired) electrons. The van der Waals surface area contributed by atoms with Gasteiger partial charge in [0.1, 0.15) is 6.04 Å². The van der Waals surface area contributed by atoms with Crippen molar-refractivity contribution in [1.82, 2.24) is 9.88 Å². The standard InChI is InChI=1S/C27H26N4O5/c1-3-36-26(34)20-9-11-21(12-10-20)29-24(32)15-23-25(33)31(22-8-4-6-18(2)14-22)27(35)30(23)17-19-7-5-13-28-16-19/h4-14,16,23H,3,15,17H2,1-2H3,(H,29,32)/t23-/m1/s1. The van der Waals surface area contributed by atoms with Gasteiger partial charge in [0.25, 0.3) is 5.91 Å². The molecule has 4 amide bonds. The fourth-order valence-corrected chi connectivity index (χ4v) is 4.00. The molecule has 1 atom stereocenters. The maximum Gasteiger partial charge on any atom is 0.338 e. The monoisotopic (exact) mass is 486 g/mol. The molecule has 1 aliphatic rings. The van der Waals surface area contributed by atoms with Gasteiger partial charge in [-0.2, -0.15) is 0 Å². The van der Waals surface area contributed by atoms with Gasteiger partial charge >= 0.3 is 12.0 Å². The van der Waals surface area contributed by atoms with Crippen molar-refractivity contribution in [3.63, 3.8) is 0 Å². The average Bonchev–Trinajstić information content (AvgIpc) is 3.09. The number of pyridine rings is 1. The molecular weight excluding hydrogens is 460 g/mol. The SMILES string of the molecule is CCOC(=O)c1ccc(NC(=O)C[C@@H]2C(=O)N(c3cccc(C)c3)C(=O)N2Cc2cccnc2)cc1. The van der Waals surface area contributed by atoms with Crippen LogP contribution >= 0.6 is 0 Å². The smallest absolute Gasteiger partial charge is 0.338 e. The Morgan fingerprint density at radius 1 is 1.06 bits per heavy atom. The molecule has 0 aliphatic carbocycles. The fourth-order valence-electron chi connectivity index (χ4n) is 4.00. The topological polar surface area (TPSA) is 109 Å². The first kappa shape index (κ1) is 24.6. The number of ether oxygens (including phenoxy) is 1. The predicted molar refractivity (Wildman–Crippen MR) is 133 cm³/mol. The summed E-state index contributed by atoms with van der Waals surface area (Å²) in [5.74, 6) is -1.36. The highest BCUT2D eigenvalue weighted by Crippen LogP contribution is 2.29. The molecule has 9 heteroatoms. The number of nitrogens with one attached hydrogen (secondary N) is 1. The number of aryl methyl sites for hydroxylation is 1. The van der Waals surface area contributed by atoms with Crippen LogP contribution in [0.1, 0.15) is 34.8 Å². The molecule has 1 aliphatic heterocycles. The maximum absolute atomic E-state index is 13.4. The number of urea groups is 1. The Morgan fingerprint density at radius 2 is 1.83 bits per heavy atom. The van der Waals surface area contributed by atoms with E-state index in [-0.39, 0.29) is 19.6 Å². The van der Waals surface area contributed by atoms with Gasteiger partial charge < -0.3 is 15.0 Å². The zero-order valence-corrected chi connectivity index (χ0v) is 20.0. The van der Waals surface area contributed by atoms with Gasteiger partial charge in [0, 0.05) is 24.6 Å². The van der Waals surface area contributed by atoms with Crippen LogP contribution in [0.4, 0.5) is 16.2 Å². The Labute approximate surface area is 208 Å². The van der Waals surface area contributed by atoms with Crippen LogP contribution in [-0.4, -0.2) is 46.3 Å². The van der Waals surface area contributed by atoms with Crippen LogP contribution in [0.3, 0.4) is 0 Å². The molecule has 4 rings (SSSR count). The predicted octanol–water partition coefficient (Wildman–Crippen LogP) is 3.93. The lowest BCUT2D eigenvalue weighted by Gasteiger charge is -2.21. The van der Waals surface area contributed by atoms with Crippen molar-refractivity contribution in [1.29, 1.82) is 0 Å². The molecule has 2 aromatic carbocycles. The minimum atomic E-state index is -0.989. The first-order valence-electron chi connectivity index (χ1n) is 11.5. The summed E-state index contributed by atoms with van der Waals surface area (Å²) in [4.78, 5) is 58.1. The van der Waals surface area contributed by atoms with Crippen molar-refractivity contribution in [2.75, 3.05) is 16.8 Å². The van der Waals surface area contributed by atoms with Crippen molar-refractivity contribution in [2.24, 2.45) is 0 Å². The number of nitrogens with zero attached hydrogens (tertiary/aromatic N) is 3. The van der Waals surface area contributed by atoms with E-state index in [1.807, 2.05) is 19.1 Å². The second kappa shape index (κ2) is 10.8. The lowest BCUT2D eigenvalue weighted by Crippen LogP contribution is -2.37. The first-order chi connectivity index (χ1) is 17.4. The molecule has 0 spiro atoms. The summed E-state index contributed by atoms with van der Waals surface area (Å²) in [6.45, 7) is 3.99. The van der Waals surface area contributed by atoms with E-state index in [0.717, 1.165) is 16.0 Å². The van der Waals surface area contributed by atoms with Crippen molar-refractivity contribution in [3.8, 4) is 0 Å². The summed E-state index contributed by atoms with van der Waals surface area (Å²) in [6.07, 6.45) is 3.01. The van der Waals surface area contributed by atoms with Crippen LogP contribution in [0, 0.1) is 6.92 Å². The van der Waals surface area contributed by atoms with Crippen LogP contribution in [-0.2, 0) is 20.9 Å². The molecule has 2 heterocycles. The molecule has 1 fully saturated rings. The van der Waals surface area contributed by atoms with E-state index in [4.69, 9.17) is 4.74 Å². The van der Waals surface area contributed by atoms with Gasteiger partial charge in [0.2, 0.25) is 5.91 Å². The summed E-state index contributed by atoms with van der Waals surface area (Å²) < 4.78 is 4.96. The average molecular weight is 487 g/mol. The fraction of sp³-hybridized carbons (Fsp3) is 0.222. The third-order valence-electron chi connectivity index (χ3n) is 5.71. The van der Waals surface area contributed by atoms with Crippen LogP contribution in [0.5, 0.6) is 0 Å². The molecule has 0 saturated carbocycles. The molecule has 0 unspecified atom stereocenters. The molecule has 1 saturated heterocycles. The third kappa shape index (κ3) is 5.41. The Balaban J connectivity index is 1.54. The van der Waals surface area contributed by atoms with Crippen LogP contribution in [0.15, 0.2) is 73.1 Å². The quantitative estimate of drug-likeness (QED) is 0.382. The maximum atomic E-state index is 13.4. The summed E-state index contributed by atoms with van der Waals surface area (Å²) >= 11 is 0. The van der Waals surface area contributed by atoms with Gasteiger partial charge in [0.15, 0.2) is 0 Å². The lowest BCUT2D eigenvalue weighted by atomic mass is 10.1. The summed E-state index contributed by atoms with van der Waals surface area (Å²) in [7, 11) is 0. The van der Waals surface area contributed by atoms with Crippen molar-refractivity contribution >= 4 is 35.2 Å². The van der Waals surface area contributed by atoms with Crippen molar-refractivity contribution < 1.29 is 23.9 Å². The molecule has 184 valence electrons. The number of amides is 4. The highest BCUT2D eigenvalue weighted by Gasteiger charge is 2.46. The van der Waals surface area contributed by atoms with Gasteiger partial charge in [-0.3, -0.25) is 14.6 Å². The van der Waals surface area contributed by atoms with Crippen LogP contribution in [0.2, 0.25) is 0 Å². The Kier molecular flexibility index (Phi) is 7.39. The largest absolute Gasteiger partial charge is 0.462 e. The van der Waals surface area contributed by atoms with Crippen LogP contribution < -0.4 is 10.2 Å². The molecule has 1 N–H and O–H groups in total. The molecule has 36 heavy (non-hydrogen) atoms. The number of hydrogen-bond donors (Lipinski definition) is 1. The number of anilines is 2. The molecule has 3 aromatic rings. The van der Waals surface area contributed by atoms with Crippen molar-refractivity contribution in [3.05, 3.63) is 89.7 Å². The number of carbonyl (C=O) groups is 4. The summed E-state index contributed by atoms with van der Waals surface area (Å²) in [5.41, 5.74) is 2.92. The van der Waals surface area contributed by atoms with Gasteiger partial charge in [-0.15, -0.1) is 0 Å². The lowest BCUT2D eigenvalue weighted by molar-refractivity contribution is -0.124. The number of imide groups is 1. The van der Waals surface area contributed by atoms with E-state index >= 15 is 0 Å². The Bertz CT molecular complexity index is 1280. The number of hydrogen-bond acceptors (Lipinski definition) is 6. The van der Waals surface area contributed by atoms with E-state index in [1.165, 1.54) is 4.90 Å². The van der Waals surface area contributed by atoms with Crippen molar-refractivity contribution in [2.45, 2.75) is 32.9 Å². The number of benzene rings is 2. The number of esters is 1. The second-order valence-electron chi connectivity index (χ2n) is 8.35. The zero-order chi connectivity index (χ0) is 25.7. The minimum Gasteiger partial charge on any atom is -0.462 e. The minimum absolute atomic E-state index is 0.132. The van der Waals surface area contributed by atoms with E-state index < -0.39 is 29.9 Å². The van der Waals surface area contributed by atoms with Crippen LogP contribution in [0.25, 0.3) is 0 Å². The highest BCUT2D eigenvalue weighted by molar-refractivity contribution is 6.22. The third-order valence-corrected chi connectivity index (χ3v) is 5.71. The highest BCUT2D eigenvalue weighted by atomic mass is 16.5. The Morgan fingerprint density at radius 3 is 2.50 bits per heavy atom. The number of carbonyl (C=O) groups excluding carboxylic acids is 4. The summed E-state index contributed by atoms with van der Waals surface area (Å²) in [6, 6.07) is 15.4. The van der Waals surface area contributed by atoms with E-state index in [9.17, 15) is 19.2 Å². The zero-order valence-electron chi connectivity index (χ0n) is 20.0. The number of rotatable bonds is 8. The van der Waals surface area contributed by atoms with Gasteiger partial charge in [-0.05, 0) is 67.4 Å². The van der Waals surface area contributed by atoms with Gasteiger partial charge in [-0.25, -0.2) is 14.5 Å². The van der Waals surface area contributed by atoms with E-state index in [0.29, 0.717) is 16.9 Å². The van der Waals surface area contributed by atoms with Gasteiger partial charge in [-0.1, -0.05) is 18.2 Å². The second-order valence-corrected chi connectivity index (χ2v) is 8.35. The summed E-state index contributed by atoms with van der Waals surface area (Å²) in [5, 5.41) is 2.74.